The Hall–Kier alpha value is -2.82. The Balaban J connectivity index is 1.91. The van der Waals surface area contributed by atoms with Gasteiger partial charge in [-0.05, 0) is 49.1 Å². The predicted octanol–water partition coefficient (Wildman–Crippen LogP) is 3.81. The van der Waals surface area contributed by atoms with E-state index in [-0.39, 0.29) is 18.4 Å². The molecular formula is C22H28N2O3. The third-order valence-electron chi connectivity index (χ3n) is 4.39. The second kappa shape index (κ2) is 10.4. The van der Waals surface area contributed by atoms with Gasteiger partial charge in [-0.15, -0.1) is 0 Å². The lowest BCUT2D eigenvalue weighted by Crippen LogP contribution is -2.38. The van der Waals surface area contributed by atoms with E-state index in [1.165, 1.54) is 0 Å². The summed E-state index contributed by atoms with van der Waals surface area (Å²) in [6, 6.07) is 15.3. The summed E-state index contributed by atoms with van der Waals surface area (Å²) in [6.45, 7) is 4.59. The first kappa shape index (κ1) is 20.5. The maximum absolute atomic E-state index is 12.6. The van der Waals surface area contributed by atoms with Crippen molar-refractivity contribution in [3.63, 3.8) is 0 Å². The zero-order valence-electron chi connectivity index (χ0n) is 16.3. The van der Waals surface area contributed by atoms with Crippen molar-refractivity contribution in [2.45, 2.75) is 33.1 Å². The molecule has 0 unspecified atom stereocenters. The average molecular weight is 368 g/mol. The summed E-state index contributed by atoms with van der Waals surface area (Å²) >= 11 is 0. The highest BCUT2D eigenvalue weighted by molar-refractivity contribution is 5.95. The van der Waals surface area contributed by atoms with Crippen LogP contribution in [0.3, 0.4) is 0 Å². The fraction of sp³-hybridized carbons (Fsp3) is 0.364. The zero-order valence-corrected chi connectivity index (χ0v) is 16.3. The number of aryl methyl sites for hydroxylation is 2. The molecule has 2 aromatic carbocycles. The van der Waals surface area contributed by atoms with Crippen LogP contribution in [0, 0.1) is 6.92 Å². The van der Waals surface area contributed by atoms with Crippen molar-refractivity contribution in [1.29, 1.82) is 0 Å². The molecule has 0 aliphatic heterocycles. The van der Waals surface area contributed by atoms with Gasteiger partial charge in [0, 0.05) is 18.7 Å². The van der Waals surface area contributed by atoms with Gasteiger partial charge in [0.15, 0.2) is 0 Å². The molecule has 0 saturated heterocycles. The first-order valence-corrected chi connectivity index (χ1v) is 9.29. The molecule has 5 heteroatoms. The summed E-state index contributed by atoms with van der Waals surface area (Å²) in [5, 5.41) is 2.89. The lowest BCUT2D eigenvalue weighted by molar-refractivity contribution is -0.134. The van der Waals surface area contributed by atoms with E-state index in [4.69, 9.17) is 4.74 Å². The second-order valence-electron chi connectivity index (χ2n) is 6.53. The minimum atomic E-state index is -0.171. The smallest absolute Gasteiger partial charge is 0.244 e. The Bertz CT molecular complexity index is 756. The number of anilines is 1. The van der Waals surface area contributed by atoms with Crippen LogP contribution in [0.15, 0.2) is 48.5 Å². The van der Waals surface area contributed by atoms with E-state index >= 15 is 0 Å². The van der Waals surface area contributed by atoms with Crippen molar-refractivity contribution < 1.29 is 14.3 Å². The quantitative estimate of drug-likeness (QED) is 0.732. The first-order chi connectivity index (χ1) is 13.0. The number of nitrogens with zero attached hydrogens (tertiary/aromatic N) is 1. The number of para-hydroxylation sites is 1. The molecular weight excluding hydrogens is 340 g/mol. The van der Waals surface area contributed by atoms with E-state index in [1.807, 2.05) is 62.4 Å². The number of ether oxygens (including phenoxy) is 1. The van der Waals surface area contributed by atoms with E-state index in [0.29, 0.717) is 19.4 Å². The fourth-order valence-corrected chi connectivity index (χ4v) is 2.84. The second-order valence-corrected chi connectivity index (χ2v) is 6.53. The number of hydrogen-bond donors (Lipinski definition) is 1. The van der Waals surface area contributed by atoms with Crippen LogP contribution in [0.5, 0.6) is 5.75 Å². The minimum Gasteiger partial charge on any atom is -0.497 e. The summed E-state index contributed by atoms with van der Waals surface area (Å²) in [4.78, 5) is 26.6. The standard InChI is InChI=1S/C22H28N2O3/c1-4-15-24(16-21(25)23-20-8-6-5-7-17(20)2)22(26)14-11-18-9-12-19(27-3)13-10-18/h5-10,12-13H,4,11,14-16H2,1-3H3,(H,23,25). The van der Waals surface area contributed by atoms with E-state index in [0.717, 1.165) is 29.0 Å². The Labute approximate surface area is 161 Å². The normalized spacial score (nSPS) is 10.3. The van der Waals surface area contributed by atoms with Gasteiger partial charge in [0.05, 0.1) is 13.7 Å². The molecule has 0 aliphatic rings. The molecule has 0 heterocycles. The molecule has 1 N–H and O–H groups in total. The predicted molar refractivity (Wildman–Crippen MR) is 108 cm³/mol. The summed E-state index contributed by atoms with van der Waals surface area (Å²) < 4.78 is 5.15. The van der Waals surface area contributed by atoms with Gasteiger partial charge in [0.2, 0.25) is 11.8 Å². The van der Waals surface area contributed by atoms with Crippen molar-refractivity contribution >= 4 is 17.5 Å². The molecule has 0 radical (unpaired) electrons. The third-order valence-corrected chi connectivity index (χ3v) is 4.39. The molecule has 0 fully saturated rings. The Morgan fingerprint density at radius 1 is 1.07 bits per heavy atom. The molecule has 5 nitrogen and oxygen atoms in total. The number of nitrogens with one attached hydrogen (secondary N) is 1. The number of carbonyl (C=O) groups is 2. The fourth-order valence-electron chi connectivity index (χ4n) is 2.84. The molecule has 2 amide bonds. The van der Waals surface area contributed by atoms with Crippen LogP contribution in [-0.4, -0.2) is 36.9 Å². The van der Waals surface area contributed by atoms with Crippen LogP contribution in [0.1, 0.15) is 30.9 Å². The topological polar surface area (TPSA) is 58.6 Å². The third kappa shape index (κ3) is 6.44. The first-order valence-electron chi connectivity index (χ1n) is 9.29. The van der Waals surface area contributed by atoms with E-state index in [1.54, 1.807) is 12.0 Å². The Morgan fingerprint density at radius 3 is 2.41 bits per heavy atom. The van der Waals surface area contributed by atoms with Gasteiger partial charge in [0.25, 0.3) is 0 Å². The largest absolute Gasteiger partial charge is 0.497 e. The highest BCUT2D eigenvalue weighted by Crippen LogP contribution is 2.14. The summed E-state index contributed by atoms with van der Waals surface area (Å²) in [5.41, 5.74) is 2.85. The lowest BCUT2D eigenvalue weighted by Gasteiger charge is -2.22. The molecule has 0 aliphatic carbocycles. The van der Waals surface area contributed by atoms with Crippen LogP contribution in [0.2, 0.25) is 0 Å². The Kier molecular flexibility index (Phi) is 7.86. The van der Waals surface area contributed by atoms with Crippen molar-refractivity contribution in [3.05, 3.63) is 59.7 Å². The van der Waals surface area contributed by atoms with Gasteiger partial charge in [-0.2, -0.15) is 0 Å². The minimum absolute atomic E-state index is 0.00685. The van der Waals surface area contributed by atoms with Gasteiger partial charge in [0.1, 0.15) is 5.75 Å². The molecule has 2 rings (SSSR count). The van der Waals surface area contributed by atoms with Crippen molar-refractivity contribution in [2.75, 3.05) is 25.5 Å². The monoisotopic (exact) mass is 368 g/mol. The van der Waals surface area contributed by atoms with Crippen LogP contribution in [0.25, 0.3) is 0 Å². The maximum Gasteiger partial charge on any atom is 0.244 e. The van der Waals surface area contributed by atoms with E-state index < -0.39 is 0 Å². The number of hydrogen-bond acceptors (Lipinski definition) is 3. The number of methoxy groups -OCH3 is 1. The average Bonchev–Trinajstić information content (AvgIpc) is 2.68. The molecule has 0 saturated carbocycles. The number of amides is 2. The van der Waals surface area contributed by atoms with Crippen LogP contribution in [-0.2, 0) is 16.0 Å². The summed E-state index contributed by atoms with van der Waals surface area (Å²) in [7, 11) is 1.63. The number of carbonyl (C=O) groups excluding carboxylic acids is 2. The van der Waals surface area contributed by atoms with Gasteiger partial charge < -0.3 is 15.0 Å². The van der Waals surface area contributed by atoms with E-state index in [2.05, 4.69) is 5.32 Å². The van der Waals surface area contributed by atoms with Gasteiger partial charge >= 0.3 is 0 Å². The molecule has 0 aromatic heterocycles. The molecule has 0 spiro atoms. The van der Waals surface area contributed by atoms with Gasteiger partial charge in [-0.1, -0.05) is 37.3 Å². The molecule has 2 aromatic rings. The molecule has 0 atom stereocenters. The summed E-state index contributed by atoms with van der Waals surface area (Å²) in [6.07, 6.45) is 1.83. The van der Waals surface area contributed by atoms with Crippen molar-refractivity contribution in [3.8, 4) is 5.75 Å². The highest BCUT2D eigenvalue weighted by Gasteiger charge is 2.17. The zero-order chi connectivity index (χ0) is 19.6. The summed E-state index contributed by atoms with van der Waals surface area (Å²) in [5.74, 6) is 0.619. The Morgan fingerprint density at radius 2 is 1.78 bits per heavy atom. The number of rotatable bonds is 9. The van der Waals surface area contributed by atoms with Crippen molar-refractivity contribution in [1.82, 2.24) is 4.90 Å². The van der Waals surface area contributed by atoms with Crippen LogP contribution >= 0.6 is 0 Å². The van der Waals surface area contributed by atoms with Crippen molar-refractivity contribution in [2.24, 2.45) is 0 Å². The lowest BCUT2D eigenvalue weighted by atomic mass is 10.1. The molecule has 27 heavy (non-hydrogen) atoms. The van der Waals surface area contributed by atoms with Crippen LogP contribution < -0.4 is 10.1 Å². The maximum atomic E-state index is 12.6. The SMILES string of the molecule is CCCN(CC(=O)Nc1ccccc1C)C(=O)CCc1ccc(OC)cc1. The van der Waals surface area contributed by atoms with Gasteiger partial charge in [-0.25, -0.2) is 0 Å². The highest BCUT2D eigenvalue weighted by atomic mass is 16.5. The molecule has 0 bridgehead atoms. The van der Waals surface area contributed by atoms with Crippen LogP contribution in [0.4, 0.5) is 5.69 Å². The number of benzene rings is 2. The van der Waals surface area contributed by atoms with Gasteiger partial charge in [-0.3, -0.25) is 9.59 Å². The molecule has 144 valence electrons. The van der Waals surface area contributed by atoms with E-state index in [9.17, 15) is 9.59 Å².